The Morgan fingerprint density at radius 1 is 1.35 bits per heavy atom. The summed E-state index contributed by atoms with van der Waals surface area (Å²) < 4.78 is 25.9. The third-order valence-electron chi connectivity index (χ3n) is 3.32. The summed E-state index contributed by atoms with van der Waals surface area (Å²) in [5.41, 5.74) is 0. The minimum atomic E-state index is -3.83. The molecule has 2 atom stereocenters. The average molecular weight is 320 g/mol. The number of carboxylic acids is 1. The van der Waals surface area contributed by atoms with Crippen LogP contribution in [0.1, 0.15) is 6.42 Å². The maximum atomic E-state index is 12.4. The standard InChI is InChI=1S/C12H14ClNO5S/c13-9-3-1-2-4-11(9)20(18,19)14-6-5-8(12(16)17)10(15)7-14/h1-4,8,10,15H,5-7H2,(H,16,17). The molecule has 0 aliphatic carbocycles. The lowest BCUT2D eigenvalue weighted by Crippen LogP contribution is -2.48. The summed E-state index contributed by atoms with van der Waals surface area (Å²) in [7, 11) is -3.83. The number of piperidine rings is 1. The van der Waals surface area contributed by atoms with E-state index in [2.05, 4.69) is 0 Å². The first-order chi connectivity index (χ1) is 9.34. The van der Waals surface area contributed by atoms with Gasteiger partial charge in [0, 0.05) is 13.1 Å². The van der Waals surface area contributed by atoms with Crippen molar-refractivity contribution in [2.24, 2.45) is 5.92 Å². The number of nitrogens with zero attached hydrogens (tertiary/aromatic N) is 1. The van der Waals surface area contributed by atoms with Crippen LogP contribution in [0.5, 0.6) is 0 Å². The van der Waals surface area contributed by atoms with E-state index in [0.29, 0.717) is 0 Å². The Morgan fingerprint density at radius 2 is 2.00 bits per heavy atom. The number of aliphatic hydroxyl groups excluding tert-OH is 1. The molecular weight excluding hydrogens is 306 g/mol. The van der Waals surface area contributed by atoms with Gasteiger partial charge in [-0.3, -0.25) is 4.79 Å². The Bertz CT molecular complexity index is 618. The topological polar surface area (TPSA) is 94.9 Å². The second-order valence-electron chi connectivity index (χ2n) is 4.59. The molecule has 0 bridgehead atoms. The van der Waals surface area contributed by atoms with E-state index >= 15 is 0 Å². The molecule has 1 aliphatic rings. The van der Waals surface area contributed by atoms with Gasteiger partial charge in [-0.05, 0) is 18.6 Å². The predicted molar refractivity (Wildman–Crippen MR) is 72.0 cm³/mol. The molecule has 1 aliphatic heterocycles. The molecule has 2 unspecified atom stereocenters. The number of sulfonamides is 1. The van der Waals surface area contributed by atoms with Gasteiger partial charge in [0.2, 0.25) is 10.0 Å². The third-order valence-corrected chi connectivity index (χ3v) is 5.68. The summed E-state index contributed by atoms with van der Waals surface area (Å²) in [6.45, 7) is -0.202. The molecule has 6 nitrogen and oxygen atoms in total. The molecule has 0 amide bonds. The van der Waals surface area contributed by atoms with Crippen molar-refractivity contribution >= 4 is 27.6 Å². The minimum absolute atomic E-state index is 0.0392. The molecule has 2 N–H and O–H groups in total. The fourth-order valence-electron chi connectivity index (χ4n) is 2.20. The van der Waals surface area contributed by atoms with E-state index in [9.17, 15) is 18.3 Å². The molecule has 1 aromatic carbocycles. The Balaban J connectivity index is 2.25. The Hall–Kier alpha value is -1.15. The zero-order valence-corrected chi connectivity index (χ0v) is 12.0. The van der Waals surface area contributed by atoms with Gasteiger partial charge in [0.25, 0.3) is 0 Å². The third kappa shape index (κ3) is 2.80. The zero-order chi connectivity index (χ0) is 14.9. The maximum absolute atomic E-state index is 12.4. The first-order valence-corrected chi connectivity index (χ1v) is 7.81. The average Bonchev–Trinajstić information content (AvgIpc) is 2.38. The van der Waals surface area contributed by atoms with E-state index in [4.69, 9.17) is 16.7 Å². The van der Waals surface area contributed by atoms with Crippen LogP contribution in [0.3, 0.4) is 0 Å². The van der Waals surface area contributed by atoms with Crippen molar-refractivity contribution < 1.29 is 23.4 Å². The van der Waals surface area contributed by atoms with Gasteiger partial charge in [0.05, 0.1) is 17.0 Å². The second kappa shape index (κ2) is 5.69. The number of aliphatic carboxylic acids is 1. The van der Waals surface area contributed by atoms with Crippen LogP contribution < -0.4 is 0 Å². The summed E-state index contributed by atoms with van der Waals surface area (Å²) in [6.07, 6.45) is -1.15. The molecule has 110 valence electrons. The number of halogens is 1. The SMILES string of the molecule is O=C(O)C1CCN(S(=O)(=O)c2ccccc2Cl)CC1O. The van der Waals surface area contributed by atoms with E-state index in [0.717, 1.165) is 4.31 Å². The molecular formula is C12H14ClNO5S. The van der Waals surface area contributed by atoms with Crippen LogP contribution in [0.25, 0.3) is 0 Å². The van der Waals surface area contributed by atoms with Gasteiger partial charge in [0.1, 0.15) is 4.90 Å². The summed E-state index contributed by atoms with van der Waals surface area (Å²) in [5.74, 6) is -2.06. The maximum Gasteiger partial charge on any atom is 0.309 e. The summed E-state index contributed by atoms with van der Waals surface area (Å²) in [4.78, 5) is 10.9. The van der Waals surface area contributed by atoms with Gasteiger partial charge in [-0.2, -0.15) is 4.31 Å². The summed E-state index contributed by atoms with van der Waals surface area (Å²) in [5, 5.41) is 18.8. The van der Waals surface area contributed by atoms with E-state index < -0.39 is 28.0 Å². The monoisotopic (exact) mass is 319 g/mol. The van der Waals surface area contributed by atoms with Crippen LogP contribution >= 0.6 is 11.6 Å². The number of β-amino-alcohol motifs (C(OH)–C–C–N with tert-alkyl or cyclic N) is 1. The van der Waals surface area contributed by atoms with E-state index in [1.54, 1.807) is 12.1 Å². The van der Waals surface area contributed by atoms with Crippen molar-refractivity contribution in [1.82, 2.24) is 4.31 Å². The Labute approximate surface area is 121 Å². The highest BCUT2D eigenvalue weighted by atomic mass is 35.5. The van der Waals surface area contributed by atoms with Gasteiger partial charge >= 0.3 is 5.97 Å². The summed E-state index contributed by atoms with van der Waals surface area (Å²) in [6, 6.07) is 6.02. The quantitative estimate of drug-likeness (QED) is 0.859. The largest absolute Gasteiger partial charge is 0.481 e. The lowest BCUT2D eigenvalue weighted by atomic mass is 9.95. The van der Waals surface area contributed by atoms with Crippen LogP contribution in [-0.2, 0) is 14.8 Å². The molecule has 0 radical (unpaired) electrons. The van der Waals surface area contributed by atoms with Crippen molar-refractivity contribution in [2.75, 3.05) is 13.1 Å². The molecule has 1 fully saturated rings. The highest BCUT2D eigenvalue weighted by Gasteiger charge is 2.38. The number of aliphatic hydroxyl groups is 1. The van der Waals surface area contributed by atoms with Crippen LogP contribution in [0.15, 0.2) is 29.2 Å². The van der Waals surface area contributed by atoms with Gasteiger partial charge in [-0.25, -0.2) is 8.42 Å². The fourth-order valence-corrected chi connectivity index (χ4v) is 4.17. The molecule has 0 spiro atoms. The van der Waals surface area contributed by atoms with E-state index in [1.165, 1.54) is 12.1 Å². The number of carbonyl (C=O) groups is 1. The van der Waals surface area contributed by atoms with Gasteiger partial charge < -0.3 is 10.2 Å². The van der Waals surface area contributed by atoms with Crippen molar-refractivity contribution in [2.45, 2.75) is 17.4 Å². The molecule has 1 saturated heterocycles. The van der Waals surface area contributed by atoms with Crippen molar-refractivity contribution in [3.05, 3.63) is 29.3 Å². The molecule has 20 heavy (non-hydrogen) atoms. The second-order valence-corrected chi connectivity index (χ2v) is 6.91. The Kier molecular flexibility index (Phi) is 4.33. The normalized spacial score (nSPS) is 24.5. The predicted octanol–water partition coefficient (Wildman–Crippen LogP) is 0.796. The zero-order valence-electron chi connectivity index (χ0n) is 10.4. The van der Waals surface area contributed by atoms with Gasteiger partial charge in [-0.15, -0.1) is 0 Å². The highest BCUT2D eigenvalue weighted by Crippen LogP contribution is 2.28. The van der Waals surface area contributed by atoms with Crippen molar-refractivity contribution in [1.29, 1.82) is 0 Å². The van der Waals surface area contributed by atoms with Crippen LogP contribution in [0, 0.1) is 5.92 Å². The van der Waals surface area contributed by atoms with Crippen molar-refractivity contribution in [3.8, 4) is 0 Å². The molecule has 1 heterocycles. The van der Waals surface area contributed by atoms with Gasteiger partial charge in [-0.1, -0.05) is 23.7 Å². The molecule has 8 heteroatoms. The number of rotatable bonds is 3. The van der Waals surface area contributed by atoms with Gasteiger partial charge in [0.15, 0.2) is 0 Å². The lowest BCUT2D eigenvalue weighted by Gasteiger charge is -2.33. The smallest absolute Gasteiger partial charge is 0.309 e. The molecule has 0 saturated carbocycles. The van der Waals surface area contributed by atoms with Crippen molar-refractivity contribution in [3.63, 3.8) is 0 Å². The minimum Gasteiger partial charge on any atom is -0.481 e. The highest BCUT2D eigenvalue weighted by molar-refractivity contribution is 7.89. The molecule has 2 rings (SSSR count). The fraction of sp³-hybridized carbons (Fsp3) is 0.417. The summed E-state index contributed by atoms with van der Waals surface area (Å²) >= 11 is 5.88. The first-order valence-electron chi connectivity index (χ1n) is 5.99. The number of carboxylic acid groups (broad SMARTS) is 1. The van der Waals surface area contributed by atoms with E-state index in [-0.39, 0.29) is 29.4 Å². The Morgan fingerprint density at radius 3 is 2.55 bits per heavy atom. The number of hydrogen-bond donors (Lipinski definition) is 2. The first kappa shape index (κ1) is 15.2. The van der Waals surface area contributed by atoms with Crippen LogP contribution in [-0.4, -0.2) is 48.1 Å². The number of hydrogen-bond acceptors (Lipinski definition) is 4. The lowest BCUT2D eigenvalue weighted by molar-refractivity contribution is -0.147. The van der Waals surface area contributed by atoms with E-state index in [1.807, 2.05) is 0 Å². The van der Waals surface area contributed by atoms with Crippen LogP contribution in [0.4, 0.5) is 0 Å². The number of benzene rings is 1. The molecule has 0 aromatic heterocycles. The van der Waals surface area contributed by atoms with Crippen LogP contribution in [0.2, 0.25) is 5.02 Å². The molecule has 1 aromatic rings.